The number of halogens is 1. The molecule has 0 radical (unpaired) electrons. The second-order valence-electron chi connectivity index (χ2n) is 4.97. The fraction of sp³-hybridized carbons (Fsp3) is 0.333. The molecule has 2 aromatic rings. The molecule has 0 spiro atoms. The summed E-state index contributed by atoms with van der Waals surface area (Å²) in [5.41, 5.74) is 1.11. The zero-order valence-electron chi connectivity index (χ0n) is 11.8. The van der Waals surface area contributed by atoms with Crippen LogP contribution in [0.2, 0.25) is 0 Å². The summed E-state index contributed by atoms with van der Waals surface area (Å²) in [6, 6.07) is 5.85. The van der Waals surface area contributed by atoms with Crippen LogP contribution in [0.5, 0.6) is 0 Å². The molecule has 0 aliphatic carbocycles. The van der Waals surface area contributed by atoms with Crippen molar-refractivity contribution in [2.45, 2.75) is 19.9 Å². The summed E-state index contributed by atoms with van der Waals surface area (Å²) in [7, 11) is 0. The summed E-state index contributed by atoms with van der Waals surface area (Å²) in [6.07, 6.45) is 0. The lowest BCUT2D eigenvalue weighted by Gasteiger charge is -2.18. The van der Waals surface area contributed by atoms with Crippen molar-refractivity contribution < 1.29 is 14.3 Å². The highest BCUT2D eigenvalue weighted by Crippen LogP contribution is 2.23. The van der Waals surface area contributed by atoms with E-state index in [9.17, 15) is 9.18 Å². The maximum absolute atomic E-state index is 12.9. The second-order valence-corrected chi connectivity index (χ2v) is 5.82. The topological polar surface area (TPSA) is 62.2 Å². The summed E-state index contributed by atoms with van der Waals surface area (Å²) < 4.78 is 12.9. The Kier molecular flexibility index (Phi) is 5.03. The molecule has 0 bridgehead atoms. The molecule has 2 rings (SSSR count). The van der Waals surface area contributed by atoms with E-state index >= 15 is 0 Å². The van der Waals surface area contributed by atoms with Gasteiger partial charge in [-0.25, -0.2) is 9.37 Å². The minimum absolute atomic E-state index is 0.0132. The third kappa shape index (κ3) is 3.86. The van der Waals surface area contributed by atoms with Gasteiger partial charge >= 0.3 is 0 Å². The molecule has 0 fully saturated rings. The van der Waals surface area contributed by atoms with Crippen LogP contribution in [0.4, 0.5) is 4.39 Å². The molecular weight excluding hydrogens is 291 g/mol. The molecule has 1 aromatic carbocycles. The lowest BCUT2D eigenvalue weighted by Crippen LogP contribution is -2.38. The summed E-state index contributed by atoms with van der Waals surface area (Å²) >= 11 is 1.33. The summed E-state index contributed by atoms with van der Waals surface area (Å²) in [4.78, 5) is 16.3. The van der Waals surface area contributed by atoms with Gasteiger partial charge in [0, 0.05) is 23.6 Å². The number of rotatable bonds is 5. The van der Waals surface area contributed by atoms with E-state index in [0.717, 1.165) is 5.56 Å². The first-order chi connectivity index (χ1) is 10.0. The van der Waals surface area contributed by atoms with Crippen LogP contribution in [0.1, 0.15) is 24.3 Å². The van der Waals surface area contributed by atoms with Crippen molar-refractivity contribution in [3.05, 3.63) is 41.2 Å². The van der Waals surface area contributed by atoms with Crippen LogP contribution < -0.4 is 5.32 Å². The zero-order valence-corrected chi connectivity index (χ0v) is 12.7. The van der Waals surface area contributed by atoms with E-state index in [4.69, 9.17) is 5.11 Å². The van der Waals surface area contributed by atoms with Crippen molar-refractivity contribution in [3.8, 4) is 10.6 Å². The van der Waals surface area contributed by atoms with E-state index in [1.54, 1.807) is 17.5 Å². The molecule has 21 heavy (non-hydrogen) atoms. The number of aromatic nitrogens is 1. The third-order valence-electron chi connectivity index (χ3n) is 3.33. The lowest BCUT2D eigenvalue weighted by molar-refractivity contribution is 0.0912. The number of carbonyl (C=O) groups excluding carboxylic acids is 1. The van der Waals surface area contributed by atoms with Crippen LogP contribution in [0.25, 0.3) is 10.6 Å². The van der Waals surface area contributed by atoms with Gasteiger partial charge in [-0.15, -0.1) is 11.3 Å². The van der Waals surface area contributed by atoms with Gasteiger partial charge in [-0.2, -0.15) is 0 Å². The highest BCUT2D eigenvalue weighted by molar-refractivity contribution is 7.13. The maximum atomic E-state index is 12.9. The summed E-state index contributed by atoms with van der Waals surface area (Å²) in [5, 5.41) is 14.2. The minimum Gasteiger partial charge on any atom is -0.396 e. The zero-order chi connectivity index (χ0) is 15.4. The van der Waals surface area contributed by atoms with Crippen LogP contribution in [-0.2, 0) is 0 Å². The Balaban J connectivity index is 2.09. The van der Waals surface area contributed by atoms with Crippen molar-refractivity contribution in [1.82, 2.24) is 10.3 Å². The Morgan fingerprint density at radius 1 is 1.38 bits per heavy atom. The van der Waals surface area contributed by atoms with Gasteiger partial charge in [0.2, 0.25) is 0 Å². The molecule has 2 atom stereocenters. The van der Waals surface area contributed by atoms with Crippen molar-refractivity contribution >= 4 is 17.2 Å². The van der Waals surface area contributed by atoms with E-state index < -0.39 is 0 Å². The Morgan fingerprint density at radius 2 is 2.05 bits per heavy atom. The molecule has 0 saturated heterocycles. The number of hydrogen-bond donors (Lipinski definition) is 2. The Morgan fingerprint density at radius 3 is 2.67 bits per heavy atom. The van der Waals surface area contributed by atoms with Gasteiger partial charge in [0.15, 0.2) is 0 Å². The quantitative estimate of drug-likeness (QED) is 0.892. The van der Waals surface area contributed by atoms with E-state index in [1.807, 2.05) is 13.8 Å². The first kappa shape index (κ1) is 15.6. The molecule has 1 amide bonds. The van der Waals surface area contributed by atoms with Crippen molar-refractivity contribution in [2.24, 2.45) is 5.92 Å². The largest absolute Gasteiger partial charge is 0.396 e. The average molecular weight is 308 g/mol. The molecule has 1 aromatic heterocycles. The van der Waals surface area contributed by atoms with Crippen LogP contribution >= 0.6 is 11.3 Å². The molecule has 2 unspecified atom stereocenters. The number of amides is 1. The van der Waals surface area contributed by atoms with Gasteiger partial charge in [-0.1, -0.05) is 6.92 Å². The highest BCUT2D eigenvalue weighted by Gasteiger charge is 2.17. The predicted octanol–water partition coefficient (Wildman–Crippen LogP) is 2.70. The van der Waals surface area contributed by atoms with Gasteiger partial charge in [0.1, 0.15) is 16.5 Å². The van der Waals surface area contributed by atoms with E-state index in [2.05, 4.69) is 10.3 Å². The Labute approximate surface area is 126 Å². The molecular formula is C15H17FN2O2S. The number of nitrogens with zero attached hydrogens (tertiary/aromatic N) is 1. The van der Waals surface area contributed by atoms with Gasteiger partial charge in [-0.05, 0) is 37.1 Å². The number of nitrogens with one attached hydrogen (secondary N) is 1. The summed E-state index contributed by atoms with van der Waals surface area (Å²) in [5.74, 6) is -0.600. The molecule has 0 aliphatic heterocycles. The smallest absolute Gasteiger partial charge is 0.270 e. The van der Waals surface area contributed by atoms with E-state index in [-0.39, 0.29) is 30.3 Å². The van der Waals surface area contributed by atoms with Crippen LogP contribution in [0.3, 0.4) is 0 Å². The highest BCUT2D eigenvalue weighted by atomic mass is 32.1. The van der Waals surface area contributed by atoms with Crippen molar-refractivity contribution in [2.75, 3.05) is 6.61 Å². The Hall–Kier alpha value is -1.79. The van der Waals surface area contributed by atoms with Crippen LogP contribution in [0, 0.1) is 11.7 Å². The van der Waals surface area contributed by atoms with Crippen molar-refractivity contribution in [3.63, 3.8) is 0 Å². The number of aliphatic hydroxyl groups is 1. The number of benzene rings is 1. The third-order valence-corrected chi connectivity index (χ3v) is 4.22. The second kappa shape index (κ2) is 6.78. The average Bonchev–Trinajstić information content (AvgIpc) is 2.97. The fourth-order valence-corrected chi connectivity index (χ4v) is 2.49. The fourth-order valence-electron chi connectivity index (χ4n) is 1.68. The molecule has 112 valence electrons. The van der Waals surface area contributed by atoms with Crippen molar-refractivity contribution in [1.29, 1.82) is 0 Å². The molecule has 0 saturated carbocycles. The summed E-state index contributed by atoms with van der Waals surface area (Å²) in [6.45, 7) is 3.71. The molecule has 4 nitrogen and oxygen atoms in total. The lowest BCUT2D eigenvalue weighted by atomic mass is 10.1. The molecule has 2 N–H and O–H groups in total. The number of hydrogen-bond acceptors (Lipinski definition) is 4. The van der Waals surface area contributed by atoms with E-state index in [1.165, 1.54) is 23.5 Å². The van der Waals surface area contributed by atoms with Gasteiger partial charge < -0.3 is 10.4 Å². The first-order valence-electron chi connectivity index (χ1n) is 6.64. The monoisotopic (exact) mass is 308 g/mol. The SMILES string of the molecule is CC(CO)C(C)NC(=O)c1csc(-c2ccc(F)cc2)n1. The number of aliphatic hydroxyl groups excluding tert-OH is 1. The van der Waals surface area contributed by atoms with Crippen LogP contribution in [-0.4, -0.2) is 28.6 Å². The van der Waals surface area contributed by atoms with E-state index in [0.29, 0.717) is 10.7 Å². The van der Waals surface area contributed by atoms with Gasteiger partial charge in [0.05, 0.1) is 0 Å². The molecule has 0 aliphatic rings. The number of thiazole rings is 1. The maximum Gasteiger partial charge on any atom is 0.270 e. The first-order valence-corrected chi connectivity index (χ1v) is 7.52. The number of carbonyl (C=O) groups is 1. The standard InChI is InChI=1S/C15H17FN2O2S/c1-9(7-19)10(2)17-14(20)13-8-21-15(18-13)11-3-5-12(16)6-4-11/h3-6,8-10,19H,7H2,1-2H3,(H,17,20). The molecule has 6 heteroatoms. The normalized spacial score (nSPS) is 13.7. The predicted molar refractivity (Wildman–Crippen MR) is 80.7 cm³/mol. The molecule has 1 heterocycles. The minimum atomic E-state index is -0.305. The van der Waals surface area contributed by atoms with Gasteiger partial charge in [-0.3, -0.25) is 4.79 Å². The van der Waals surface area contributed by atoms with Crippen LogP contribution in [0.15, 0.2) is 29.6 Å². The van der Waals surface area contributed by atoms with Gasteiger partial charge in [0.25, 0.3) is 5.91 Å². The Bertz CT molecular complexity index is 612.